The lowest BCUT2D eigenvalue weighted by Crippen LogP contribution is -2.47. The molecule has 1 fully saturated rings. The Balaban J connectivity index is 1.51. The first kappa shape index (κ1) is 17.3. The zero-order valence-electron chi connectivity index (χ0n) is 14.7. The van der Waals surface area contributed by atoms with Crippen molar-refractivity contribution >= 4 is 11.7 Å². The van der Waals surface area contributed by atoms with Crippen LogP contribution in [-0.4, -0.2) is 48.9 Å². The van der Waals surface area contributed by atoms with E-state index in [1.807, 2.05) is 0 Å². The summed E-state index contributed by atoms with van der Waals surface area (Å²) in [5.41, 5.74) is 4.28. The van der Waals surface area contributed by atoms with Crippen molar-refractivity contribution in [1.29, 1.82) is 0 Å². The number of carbonyl (C=O) groups is 1. The molecule has 132 valence electrons. The summed E-state index contributed by atoms with van der Waals surface area (Å²) in [4.78, 5) is 15.6. The molecule has 5 nitrogen and oxygen atoms in total. The Hall–Kier alpha value is -2.53. The minimum Gasteiger partial charge on any atom is -0.478 e. The van der Waals surface area contributed by atoms with Crippen molar-refractivity contribution in [3.8, 4) is 5.75 Å². The topological polar surface area (TPSA) is 53.0 Å². The molecule has 1 heterocycles. The third kappa shape index (κ3) is 4.12. The van der Waals surface area contributed by atoms with Crippen LogP contribution in [0.5, 0.6) is 5.75 Å². The zero-order chi connectivity index (χ0) is 17.8. The van der Waals surface area contributed by atoms with E-state index in [0.717, 1.165) is 26.2 Å². The van der Waals surface area contributed by atoms with E-state index >= 15 is 0 Å². The number of hydrogen-bond acceptors (Lipinski definition) is 4. The summed E-state index contributed by atoms with van der Waals surface area (Å²) >= 11 is 0. The number of rotatable bonds is 5. The lowest BCUT2D eigenvalue weighted by atomic mass is 10.1. The van der Waals surface area contributed by atoms with Crippen molar-refractivity contribution in [2.75, 3.05) is 37.8 Å². The van der Waals surface area contributed by atoms with Gasteiger partial charge >= 0.3 is 5.97 Å². The maximum absolute atomic E-state index is 10.9. The second kappa shape index (κ2) is 7.57. The smallest absolute Gasteiger partial charge is 0.335 e. The molecule has 0 aromatic heterocycles. The van der Waals surface area contributed by atoms with Gasteiger partial charge in [0, 0.05) is 31.9 Å². The van der Waals surface area contributed by atoms with Crippen LogP contribution in [0, 0.1) is 13.8 Å². The van der Waals surface area contributed by atoms with Crippen molar-refractivity contribution < 1.29 is 14.6 Å². The molecule has 0 amide bonds. The van der Waals surface area contributed by atoms with E-state index in [1.165, 1.54) is 16.8 Å². The Labute approximate surface area is 148 Å². The van der Waals surface area contributed by atoms with E-state index < -0.39 is 5.97 Å². The number of hydrogen-bond donors (Lipinski definition) is 1. The van der Waals surface area contributed by atoms with Gasteiger partial charge in [-0.1, -0.05) is 12.1 Å². The minimum absolute atomic E-state index is 0.273. The average molecular weight is 340 g/mol. The Morgan fingerprint density at radius 3 is 2.36 bits per heavy atom. The lowest BCUT2D eigenvalue weighted by Gasteiger charge is -2.36. The molecule has 5 heteroatoms. The van der Waals surface area contributed by atoms with E-state index in [1.54, 1.807) is 24.3 Å². The second-order valence-corrected chi connectivity index (χ2v) is 6.43. The van der Waals surface area contributed by atoms with Crippen molar-refractivity contribution in [2.24, 2.45) is 0 Å². The Morgan fingerprint density at radius 1 is 1.04 bits per heavy atom. The molecular weight excluding hydrogens is 316 g/mol. The summed E-state index contributed by atoms with van der Waals surface area (Å²) in [6.07, 6.45) is 0. The second-order valence-electron chi connectivity index (χ2n) is 6.43. The molecule has 0 unspecified atom stereocenters. The van der Waals surface area contributed by atoms with Gasteiger partial charge in [0.05, 0.1) is 5.56 Å². The van der Waals surface area contributed by atoms with Crippen molar-refractivity contribution in [3.63, 3.8) is 0 Å². The predicted molar refractivity (Wildman–Crippen MR) is 98.6 cm³/mol. The molecule has 0 bridgehead atoms. The number of aryl methyl sites for hydroxylation is 1. The molecule has 0 atom stereocenters. The van der Waals surface area contributed by atoms with Crippen LogP contribution in [0.1, 0.15) is 21.5 Å². The molecule has 2 aromatic carbocycles. The third-order valence-corrected chi connectivity index (χ3v) is 4.80. The molecule has 3 rings (SSSR count). The monoisotopic (exact) mass is 340 g/mol. The van der Waals surface area contributed by atoms with Gasteiger partial charge in [0.2, 0.25) is 0 Å². The van der Waals surface area contributed by atoms with E-state index in [0.29, 0.717) is 12.5 Å². The predicted octanol–water partition coefficient (Wildman–Crippen LogP) is 3.16. The molecule has 1 aliphatic rings. The van der Waals surface area contributed by atoms with E-state index in [2.05, 4.69) is 41.8 Å². The zero-order valence-corrected chi connectivity index (χ0v) is 14.7. The number of benzene rings is 2. The highest BCUT2D eigenvalue weighted by Gasteiger charge is 2.19. The number of aromatic carboxylic acids is 1. The third-order valence-electron chi connectivity index (χ3n) is 4.80. The molecule has 1 N–H and O–H groups in total. The molecule has 0 spiro atoms. The van der Waals surface area contributed by atoms with Crippen LogP contribution in [-0.2, 0) is 0 Å². The number of carboxylic acid groups (broad SMARTS) is 1. The summed E-state index contributed by atoms with van der Waals surface area (Å²) in [5, 5.41) is 8.91. The molecule has 0 aliphatic carbocycles. The molecule has 2 aromatic rings. The van der Waals surface area contributed by atoms with Crippen LogP contribution in [0.25, 0.3) is 0 Å². The summed E-state index contributed by atoms with van der Waals surface area (Å²) in [5.74, 6) is -0.226. The largest absolute Gasteiger partial charge is 0.478 e. The van der Waals surface area contributed by atoms with Crippen LogP contribution in [0.3, 0.4) is 0 Å². The Kier molecular flexibility index (Phi) is 5.24. The van der Waals surface area contributed by atoms with Crippen molar-refractivity contribution in [1.82, 2.24) is 4.90 Å². The van der Waals surface area contributed by atoms with Gasteiger partial charge in [0.15, 0.2) is 0 Å². The van der Waals surface area contributed by atoms with Gasteiger partial charge in [-0.2, -0.15) is 0 Å². The van der Waals surface area contributed by atoms with Crippen LogP contribution in [0.15, 0.2) is 42.5 Å². The van der Waals surface area contributed by atoms with Gasteiger partial charge in [-0.25, -0.2) is 4.79 Å². The Morgan fingerprint density at radius 2 is 1.72 bits per heavy atom. The fourth-order valence-corrected chi connectivity index (χ4v) is 3.06. The molecular formula is C20H24N2O3. The van der Waals surface area contributed by atoms with Crippen LogP contribution < -0.4 is 9.64 Å². The highest BCUT2D eigenvalue weighted by Crippen LogP contribution is 2.24. The van der Waals surface area contributed by atoms with Gasteiger partial charge in [0.25, 0.3) is 0 Å². The van der Waals surface area contributed by atoms with Crippen molar-refractivity contribution in [2.45, 2.75) is 13.8 Å². The van der Waals surface area contributed by atoms with Crippen molar-refractivity contribution in [3.05, 3.63) is 59.2 Å². The molecule has 1 saturated heterocycles. The van der Waals surface area contributed by atoms with Gasteiger partial charge in [0.1, 0.15) is 12.5 Å². The quantitative estimate of drug-likeness (QED) is 0.906. The summed E-state index contributed by atoms with van der Waals surface area (Å²) in [6.45, 7) is 8.70. The van der Waals surface area contributed by atoms with Crippen LogP contribution in [0.4, 0.5) is 5.69 Å². The number of nitrogens with zero attached hydrogens (tertiary/aromatic N) is 2. The van der Waals surface area contributed by atoms with Crippen LogP contribution in [0.2, 0.25) is 0 Å². The highest BCUT2D eigenvalue weighted by atomic mass is 16.5. The number of anilines is 1. The standard InChI is InChI=1S/C20H24N2O3/c1-15-4-3-5-19(16(15)2)22-12-10-21(11-13-22)14-25-18-8-6-17(7-9-18)20(23)24/h3-9H,10-14H2,1-2H3,(H,23,24). The van der Waals surface area contributed by atoms with Gasteiger partial charge in [-0.3, -0.25) is 4.90 Å². The number of piperazine rings is 1. The first-order valence-electron chi connectivity index (χ1n) is 8.54. The van der Waals surface area contributed by atoms with E-state index in [9.17, 15) is 4.79 Å². The first-order chi connectivity index (χ1) is 12.0. The summed E-state index contributed by atoms with van der Waals surface area (Å²) in [7, 11) is 0. The first-order valence-corrected chi connectivity index (χ1v) is 8.54. The molecule has 0 radical (unpaired) electrons. The fraction of sp³-hybridized carbons (Fsp3) is 0.350. The van der Waals surface area contributed by atoms with E-state index in [-0.39, 0.29) is 5.56 Å². The average Bonchev–Trinajstić information content (AvgIpc) is 2.63. The molecule has 1 aliphatic heterocycles. The van der Waals surface area contributed by atoms with E-state index in [4.69, 9.17) is 9.84 Å². The van der Waals surface area contributed by atoms with Crippen LogP contribution >= 0.6 is 0 Å². The molecule has 25 heavy (non-hydrogen) atoms. The van der Waals surface area contributed by atoms with Gasteiger partial charge < -0.3 is 14.7 Å². The number of ether oxygens (including phenoxy) is 1. The minimum atomic E-state index is -0.922. The Bertz CT molecular complexity index is 735. The normalized spacial score (nSPS) is 15.2. The van der Waals surface area contributed by atoms with Gasteiger partial charge in [-0.05, 0) is 55.3 Å². The summed E-state index contributed by atoms with van der Waals surface area (Å²) < 4.78 is 5.78. The van der Waals surface area contributed by atoms with Gasteiger partial charge in [-0.15, -0.1) is 0 Å². The number of carboxylic acids is 1. The summed E-state index contributed by atoms with van der Waals surface area (Å²) in [6, 6.07) is 13.0. The maximum Gasteiger partial charge on any atom is 0.335 e. The lowest BCUT2D eigenvalue weighted by molar-refractivity contribution is 0.0696. The SMILES string of the molecule is Cc1cccc(N2CCN(COc3ccc(C(=O)O)cc3)CC2)c1C. The molecule has 0 saturated carbocycles. The fourth-order valence-electron chi connectivity index (χ4n) is 3.06. The highest BCUT2D eigenvalue weighted by molar-refractivity contribution is 5.87. The maximum atomic E-state index is 10.9.